The van der Waals surface area contributed by atoms with Gasteiger partial charge in [0.25, 0.3) is 5.91 Å². The summed E-state index contributed by atoms with van der Waals surface area (Å²) >= 11 is 0. The summed E-state index contributed by atoms with van der Waals surface area (Å²) in [6.45, 7) is 6.73. The Hall–Kier alpha value is -5.13. The van der Waals surface area contributed by atoms with Crippen molar-refractivity contribution in [3.63, 3.8) is 0 Å². The lowest BCUT2D eigenvalue weighted by Gasteiger charge is -2.26. The number of carbonyl (C=O) groups excluding carboxylic acids is 6. The molecule has 47 heavy (non-hydrogen) atoms. The van der Waals surface area contributed by atoms with Gasteiger partial charge in [-0.2, -0.15) is 0 Å². The van der Waals surface area contributed by atoms with Gasteiger partial charge in [0.15, 0.2) is 0 Å². The third-order valence-electron chi connectivity index (χ3n) is 7.83. The lowest BCUT2D eigenvalue weighted by Crippen LogP contribution is -2.57. The van der Waals surface area contributed by atoms with Crippen LogP contribution in [0.5, 0.6) is 0 Å². The first-order valence-corrected chi connectivity index (χ1v) is 15.7. The molecule has 6 N–H and O–H groups in total. The SMILES string of the molecule is CC[C@H](C)C(NC(=O)C(CC(C)C)NC(=O)Cc1ccncc1)C(=O)C(=O)NCC(=O)NC(Cc1ccc2ccccc2c1)C(N)=O. The van der Waals surface area contributed by atoms with Gasteiger partial charge in [-0.3, -0.25) is 33.8 Å². The highest BCUT2D eigenvalue weighted by atomic mass is 16.2. The molecule has 0 aliphatic heterocycles. The van der Waals surface area contributed by atoms with E-state index < -0.39 is 60.0 Å². The largest absolute Gasteiger partial charge is 0.368 e. The first-order valence-electron chi connectivity index (χ1n) is 15.7. The molecule has 1 aromatic heterocycles. The summed E-state index contributed by atoms with van der Waals surface area (Å²) in [6.07, 6.45) is 4.09. The van der Waals surface area contributed by atoms with Crippen molar-refractivity contribution in [1.82, 2.24) is 26.3 Å². The van der Waals surface area contributed by atoms with E-state index in [2.05, 4.69) is 26.3 Å². The number of pyridine rings is 1. The summed E-state index contributed by atoms with van der Waals surface area (Å²) in [5.41, 5.74) is 7.05. The molecule has 0 saturated heterocycles. The molecule has 2 aromatic carbocycles. The van der Waals surface area contributed by atoms with Crippen molar-refractivity contribution in [2.24, 2.45) is 17.6 Å². The molecule has 4 atom stereocenters. The van der Waals surface area contributed by atoms with Crippen molar-refractivity contribution < 1.29 is 28.8 Å². The van der Waals surface area contributed by atoms with Gasteiger partial charge in [0.05, 0.1) is 19.0 Å². The van der Waals surface area contributed by atoms with Gasteiger partial charge in [0.1, 0.15) is 12.1 Å². The van der Waals surface area contributed by atoms with Gasteiger partial charge in [-0.25, -0.2) is 0 Å². The molecule has 0 aliphatic carbocycles. The van der Waals surface area contributed by atoms with Crippen LogP contribution in [0.4, 0.5) is 0 Å². The Bertz CT molecular complexity index is 1580. The fraction of sp³-hybridized carbons (Fsp3) is 0.400. The minimum absolute atomic E-state index is 0.0389. The Morgan fingerprint density at radius 1 is 0.787 bits per heavy atom. The second-order valence-electron chi connectivity index (χ2n) is 12.1. The van der Waals surface area contributed by atoms with Crippen LogP contribution in [0.25, 0.3) is 10.8 Å². The lowest BCUT2D eigenvalue weighted by molar-refractivity contribution is -0.142. The summed E-state index contributed by atoms with van der Waals surface area (Å²) in [4.78, 5) is 81.0. The van der Waals surface area contributed by atoms with Crippen molar-refractivity contribution in [2.75, 3.05) is 6.54 Å². The summed E-state index contributed by atoms with van der Waals surface area (Å²) in [7, 11) is 0. The van der Waals surface area contributed by atoms with Gasteiger partial charge in [0, 0.05) is 18.8 Å². The molecule has 250 valence electrons. The highest BCUT2D eigenvalue weighted by Crippen LogP contribution is 2.17. The van der Waals surface area contributed by atoms with Crippen molar-refractivity contribution >= 4 is 46.1 Å². The predicted molar refractivity (Wildman–Crippen MR) is 178 cm³/mol. The van der Waals surface area contributed by atoms with Gasteiger partial charge in [0.2, 0.25) is 29.4 Å². The maximum atomic E-state index is 13.4. The van der Waals surface area contributed by atoms with Crippen molar-refractivity contribution in [1.29, 1.82) is 0 Å². The quantitative estimate of drug-likeness (QED) is 0.138. The molecule has 0 bridgehead atoms. The summed E-state index contributed by atoms with van der Waals surface area (Å²) in [5, 5.41) is 12.2. The van der Waals surface area contributed by atoms with Crippen molar-refractivity contribution in [3.8, 4) is 0 Å². The van der Waals surface area contributed by atoms with E-state index in [4.69, 9.17) is 5.73 Å². The lowest BCUT2D eigenvalue weighted by atomic mass is 9.93. The van der Waals surface area contributed by atoms with Gasteiger partial charge in [-0.05, 0) is 52.3 Å². The minimum atomic E-state index is -1.20. The van der Waals surface area contributed by atoms with Crippen LogP contribution in [0.3, 0.4) is 0 Å². The molecular formula is C35H44N6O6. The van der Waals surface area contributed by atoms with E-state index in [0.717, 1.165) is 21.9 Å². The Balaban J connectivity index is 1.60. The van der Waals surface area contributed by atoms with E-state index in [-0.39, 0.29) is 24.7 Å². The van der Waals surface area contributed by atoms with Crippen LogP contribution >= 0.6 is 0 Å². The van der Waals surface area contributed by atoms with Crippen LogP contribution < -0.4 is 27.0 Å². The number of Topliss-reactive ketones (excluding diaryl/α,β-unsaturated/α-hetero) is 1. The standard InChI is InChI=1S/C35H44N6O6/c1-5-22(4)31(41-34(46)28(16-21(2)3)40-29(42)19-23-12-14-37-15-13-23)32(44)35(47)38-20-30(43)39-27(33(36)45)18-24-10-11-25-8-6-7-9-26(25)17-24/h6-15,17,21-22,27-28,31H,5,16,18-20H2,1-4H3,(H2,36,45)(H,38,47)(H,39,43)(H,40,42)(H,41,46)/t22-,27?,28?,31?/m0/s1. The number of primary amides is 1. The average Bonchev–Trinajstić information content (AvgIpc) is 3.04. The Labute approximate surface area is 274 Å². The second kappa shape index (κ2) is 17.5. The second-order valence-corrected chi connectivity index (χ2v) is 12.1. The third-order valence-corrected chi connectivity index (χ3v) is 7.83. The number of carbonyl (C=O) groups is 6. The molecule has 3 unspecified atom stereocenters. The van der Waals surface area contributed by atoms with Crippen LogP contribution in [0.2, 0.25) is 0 Å². The summed E-state index contributed by atoms with van der Waals surface area (Å²) < 4.78 is 0. The fourth-order valence-electron chi connectivity index (χ4n) is 5.05. The molecule has 0 radical (unpaired) electrons. The van der Waals surface area contributed by atoms with Gasteiger partial charge in [-0.15, -0.1) is 0 Å². The van der Waals surface area contributed by atoms with E-state index in [0.29, 0.717) is 12.8 Å². The molecular weight excluding hydrogens is 600 g/mol. The monoisotopic (exact) mass is 644 g/mol. The predicted octanol–water partition coefficient (Wildman–Crippen LogP) is 1.74. The van der Waals surface area contributed by atoms with E-state index in [1.165, 1.54) is 0 Å². The van der Waals surface area contributed by atoms with E-state index in [1.54, 1.807) is 31.5 Å². The number of hydrogen-bond donors (Lipinski definition) is 5. The highest BCUT2D eigenvalue weighted by Gasteiger charge is 2.33. The Kier molecular flexibility index (Phi) is 13.6. The Morgan fingerprint density at radius 2 is 1.45 bits per heavy atom. The van der Waals surface area contributed by atoms with Gasteiger partial charge < -0.3 is 27.0 Å². The first-order chi connectivity index (χ1) is 22.4. The number of rotatable bonds is 17. The zero-order valence-electron chi connectivity index (χ0n) is 27.2. The number of aromatic nitrogens is 1. The van der Waals surface area contributed by atoms with E-state index >= 15 is 0 Å². The molecule has 12 heteroatoms. The van der Waals surface area contributed by atoms with Crippen molar-refractivity contribution in [2.45, 2.75) is 71.5 Å². The molecule has 0 aliphatic rings. The minimum Gasteiger partial charge on any atom is -0.368 e. The number of amides is 5. The highest BCUT2D eigenvalue weighted by molar-refractivity contribution is 6.38. The summed E-state index contributed by atoms with van der Waals surface area (Å²) in [6, 6.07) is 13.6. The smallest absolute Gasteiger partial charge is 0.290 e. The number of ketones is 1. The topological polar surface area (TPSA) is 189 Å². The molecule has 1 heterocycles. The number of nitrogens with zero attached hydrogens (tertiary/aromatic N) is 1. The zero-order valence-corrected chi connectivity index (χ0v) is 27.2. The first kappa shape index (κ1) is 36.3. The van der Waals surface area contributed by atoms with E-state index in [9.17, 15) is 28.8 Å². The number of hydrogen-bond acceptors (Lipinski definition) is 7. The maximum Gasteiger partial charge on any atom is 0.290 e. The van der Waals surface area contributed by atoms with Crippen LogP contribution in [-0.4, -0.2) is 65.0 Å². The zero-order chi connectivity index (χ0) is 34.5. The summed E-state index contributed by atoms with van der Waals surface area (Å²) in [5.74, 6) is -4.83. The van der Waals surface area contributed by atoms with Crippen LogP contribution in [0.15, 0.2) is 67.0 Å². The van der Waals surface area contributed by atoms with Gasteiger partial charge in [-0.1, -0.05) is 76.6 Å². The molecule has 12 nitrogen and oxygen atoms in total. The number of nitrogens with one attached hydrogen (secondary N) is 4. The maximum absolute atomic E-state index is 13.4. The molecule has 0 spiro atoms. The third kappa shape index (κ3) is 11.3. The molecule has 5 amide bonds. The molecule has 3 aromatic rings. The number of fused-ring (bicyclic) bond motifs is 1. The fourth-order valence-corrected chi connectivity index (χ4v) is 5.05. The normalized spacial score (nSPS) is 13.6. The van der Waals surface area contributed by atoms with Gasteiger partial charge >= 0.3 is 0 Å². The average molecular weight is 645 g/mol. The molecule has 3 rings (SSSR count). The van der Waals surface area contributed by atoms with E-state index in [1.807, 2.05) is 63.2 Å². The molecule has 0 fully saturated rings. The number of benzene rings is 2. The molecule has 0 saturated carbocycles. The van der Waals surface area contributed by atoms with Crippen molar-refractivity contribution in [3.05, 3.63) is 78.1 Å². The Morgan fingerprint density at radius 3 is 2.09 bits per heavy atom. The van der Waals surface area contributed by atoms with Crippen LogP contribution in [-0.2, 0) is 41.6 Å². The van der Waals surface area contributed by atoms with Crippen LogP contribution in [0, 0.1) is 11.8 Å². The van der Waals surface area contributed by atoms with Crippen LogP contribution in [0.1, 0.15) is 51.7 Å². The number of nitrogens with two attached hydrogens (primary N) is 1.